The molecule has 0 radical (unpaired) electrons. The average Bonchev–Trinajstić information content (AvgIpc) is 3.23. The molecular weight excluding hydrogens is 451 g/mol. The Bertz CT molecular complexity index is 1210. The van der Waals surface area contributed by atoms with Gasteiger partial charge < -0.3 is 19.1 Å². The number of benzene rings is 2. The lowest BCUT2D eigenvalue weighted by Crippen LogP contribution is -2.16. The minimum Gasteiger partial charge on any atom is -0.493 e. The topological polar surface area (TPSA) is 119 Å². The summed E-state index contributed by atoms with van der Waals surface area (Å²) in [5.41, 5.74) is 1.20. The smallest absolute Gasteiger partial charge is 0.432 e. The predicted molar refractivity (Wildman–Crippen MR) is 124 cm³/mol. The SMILES string of the molecule is CCOc1cc(C(=Nc2ccc(-c3noc(C)n3)cc2)C(=NC(=O)O)SC)c(F)cc1OC. The van der Waals surface area contributed by atoms with Crippen molar-refractivity contribution in [3.8, 4) is 22.9 Å². The molecule has 9 nitrogen and oxygen atoms in total. The molecule has 0 aliphatic rings. The molecule has 3 aromatic rings. The van der Waals surface area contributed by atoms with Crippen molar-refractivity contribution in [1.82, 2.24) is 10.1 Å². The lowest BCUT2D eigenvalue weighted by atomic mass is 10.1. The van der Waals surface area contributed by atoms with Crippen molar-refractivity contribution in [3.63, 3.8) is 0 Å². The first-order valence-electron chi connectivity index (χ1n) is 9.72. The van der Waals surface area contributed by atoms with Gasteiger partial charge in [-0.15, -0.1) is 11.8 Å². The van der Waals surface area contributed by atoms with Crippen LogP contribution in [0.15, 0.2) is 50.9 Å². The summed E-state index contributed by atoms with van der Waals surface area (Å²) in [5.74, 6) is 0.688. The summed E-state index contributed by atoms with van der Waals surface area (Å²) in [5, 5.41) is 13.1. The Morgan fingerprint density at radius 3 is 2.52 bits per heavy atom. The van der Waals surface area contributed by atoms with Gasteiger partial charge in [-0.1, -0.05) is 5.16 Å². The zero-order valence-corrected chi connectivity index (χ0v) is 19.1. The van der Waals surface area contributed by atoms with Gasteiger partial charge in [0.15, 0.2) is 11.5 Å². The molecule has 3 rings (SSSR count). The fraction of sp³-hybridized carbons (Fsp3) is 0.227. The van der Waals surface area contributed by atoms with Gasteiger partial charge >= 0.3 is 6.09 Å². The first kappa shape index (κ1) is 23.9. The molecule has 0 bridgehead atoms. The van der Waals surface area contributed by atoms with E-state index in [2.05, 4.69) is 20.1 Å². The zero-order valence-electron chi connectivity index (χ0n) is 18.3. The van der Waals surface area contributed by atoms with Gasteiger partial charge in [0.25, 0.3) is 0 Å². The van der Waals surface area contributed by atoms with E-state index in [0.29, 0.717) is 35.3 Å². The first-order valence-corrected chi connectivity index (χ1v) is 10.9. The van der Waals surface area contributed by atoms with Gasteiger partial charge in [-0.2, -0.15) is 9.98 Å². The zero-order chi connectivity index (χ0) is 24.0. The molecule has 0 saturated carbocycles. The summed E-state index contributed by atoms with van der Waals surface area (Å²) in [6, 6.07) is 9.37. The molecule has 0 fully saturated rings. The van der Waals surface area contributed by atoms with Crippen molar-refractivity contribution in [2.24, 2.45) is 9.98 Å². The molecule has 0 aliphatic carbocycles. The number of aryl methyl sites for hydroxylation is 1. The number of aliphatic imine (C=N–C) groups is 2. The van der Waals surface area contributed by atoms with Gasteiger partial charge in [-0.05, 0) is 43.5 Å². The van der Waals surface area contributed by atoms with Crippen LogP contribution in [0.2, 0.25) is 0 Å². The van der Waals surface area contributed by atoms with Gasteiger partial charge in [-0.3, -0.25) is 0 Å². The number of amides is 1. The monoisotopic (exact) mass is 472 g/mol. The third kappa shape index (κ3) is 5.75. The summed E-state index contributed by atoms with van der Waals surface area (Å²) < 4.78 is 30.8. The number of rotatable bonds is 7. The van der Waals surface area contributed by atoms with Crippen LogP contribution in [-0.2, 0) is 0 Å². The third-order valence-electron chi connectivity index (χ3n) is 4.30. The maximum atomic E-state index is 15.1. The summed E-state index contributed by atoms with van der Waals surface area (Å²) in [6.45, 7) is 3.79. The second-order valence-electron chi connectivity index (χ2n) is 6.46. The highest BCUT2D eigenvalue weighted by Gasteiger charge is 2.21. The Labute approximate surface area is 193 Å². The summed E-state index contributed by atoms with van der Waals surface area (Å²) >= 11 is 1.03. The third-order valence-corrected chi connectivity index (χ3v) is 4.97. The second-order valence-corrected chi connectivity index (χ2v) is 7.26. The molecule has 172 valence electrons. The van der Waals surface area contributed by atoms with Crippen molar-refractivity contribution >= 4 is 34.3 Å². The van der Waals surface area contributed by atoms with Crippen molar-refractivity contribution in [3.05, 3.63) is 53.7 Å². The Morgan fingerprint density at radius 1 is 1.24 bits per heavy atom. The highest BCUT2D eigenvalue weighted by Crippen LogP contribution is 2.32. The van der Waals surface area contributed by atoms with E-state index in [1.165, 1.54) is 13.2 Å². The van der Waals surface area contributed by atoms with E-state index >= 15 is 4.39 Å². The molecule has 1 amide bonds. The number of carbonyl (C=O) groups is 1. The molecule has 1 heterocycles. The quantitative estimate of drug-likeness (QED) is 0.370. The van der Waals surface area contributed by atoms with Crippen LogP contribution in [0.1, 0.15) is 18.4 Å². The number of nitrogens with zero attached hydrogens (tertiary/aromatic N) is 4. The minimum absolute atomic E-state index is 0.0199. The van der Waals surface area contributed by atoms with Gasteiger partial charge in [-0.25, -0.2) is 14.2 Å². The van der Waals surface area contributed by atoms with E-state index in [-0.39, 0.29) is 22.1 Å². The Balaban J connectivity index is 2.14. The van der Waals surface area contributed by atoms with Crippen molar-refractivity contribution in [2.45, 2.75) is 13.8 Å². The Kier molecular flexibility index (Phi) is 7.78. The normalized spacial score (nSPS) is 12.0. The van der Waals surface area contributed by atoms with Crippen LogP contribution in [0.5, 0.6) is 11.5 Å². The molecule has 11 heteroatoms. The van der Waals surface area contributed by atoms with E-state index in [4.69, 9.17) is 14.0 Å². The average molecular weight is 472 g/mol. The largest absolute Gasteiger partial charge is 0.493 e. The number of thioether (sulfide) groups is 1. The maximum Gasteiger partial charge on any atom is 0.432 e. The van der Waals surface area contributed by atoms with Gasteiger partial charge in [0.2, 0.25) is 11.7 Å². The van der Waals surface area contributed by atoms with Crippen LogP contribution in [0.3, 0.4) is 0 Å². The van der Waals surface area contributed by atoms with E-state index in [9.17, 15) is 9.90 Å². The molecular formula is C22H21FN4O5S. The number of halogens is 1. The molecule has 33 heavy (non-hydrogen) atoms. The molecule has 2 aromatic carbocycles. The van der Waals surface area contributed by atoms with Crippen LogP contribution in [0, 0.1) is 12.7 Å². The van der Waals surface area contributed by atoms with Crippen molar-refractivity contribution in [2.75, 3.05) is 20.0 Å². The summed E-state index contributed by atoms with van der Waals surface area (Å²) in [6.07, 6.45) is 0.206. The highest BCUT2D eigenvalue weighted by atomic mass is 32.2. The standard InChI is InChI=1S/C22H21FN4O5S/c1-5-31-18-10-15(16(23)11-17(18)30-3)19(21(33-4)26-22(28)29)25-14-8-6-13(7-9-14)20-24-12(2)32-27-20/h6-11H,5H2,1-4H3,(H,28,29). The van der Waals surface area contributed by atoms with Gasteiger partial charge in [0, 0.05) is 24.1 Å². The fourth-order valence-corrected chi connectivity index (χ4v) is 3.40. The van der Waals surface area contributed by atoms with Crippen LogP contribution in [-0.4, -0.2) is 52.1 Å². The molecule has 0 unspecified atom stereocenters. The number of methoxy groups -OCH3 is 1. The van der Waals surface area contributed by atoms with E-state index in [0.717, 1.165) is 17.8 Å². The molecule has 1 N–H and O–H groups in total. The highest BCUT2D eigenvalue weighted by molar-refractivity contribution is 8.15. The van der Waals surface area contributed by atoms with Crippen LogP contribution in [0.25, 0.3) is 11.4 Å². The Hall–Kier alpha value is -3.73. The number of ether oxygens (including phenoxy) is 2. The molecule has 0 atom stereocenters. The molecule has 0 saturated heterocycles. The van der Waals surface area contributed by atoms with E-state index in [1.54, 1.807) is 44.4 Å². The summed E-state index contributed by atoms with van der Waals surface area (Å²) in [7, 11) is 1.40. The maximum absolute atomic E-state index is 15.1. The van der Waals surface area contributed by atoms with Crippen molar-refractivity contribution < 1.29 is 28.3 Å². The minimum atomic E-state index is -1.42. The lowest BCUT2D eigenvalue weighted by Gasteiger charge is -2.14. The number of carboxylic acid groups (broad SMARTS) is 1. The first-order chi connectivity index (χ1) is 15.9. The number of hydrogen-bond donors (Lipinski definition) is 1. The molecule has 0 aliphatic heterocycles. The Morgan fingerprint density at radius 2 is 1.97 bits per heavy atom. The summed E-state index contributed by atoms with van der Waals surface area (Å²) in [4.78, 5) is 23.6. The van der Waals surface area contributed by atoms with Crippen LogP contribution < -0.4 is 9.47 Å². The van der Waals surface area contributed by atoms with Crippen LogP contribution in [0.4, 0.5) is 14.9 Å². The second kappa shape index (κ2) is 10.7. The van der Waals surface area contributed by atoms with Crippen LogP contribution >= 0.6 is 11.8 Å². The lowest BCUT2D eigenvalue weighted by molar-refractivity contribution is 0.206. The van der Waals surface area contributed by atoms with Gasteiger partial charge in [0.05, 0.1) is 19.4 Å². The van der Waals surface area contributed by atoms with Crippen molar-refractivity contribution in [1.29, 1.82) is 0 Å². The predicted octanol–water partition coefficient (Wildman–Crippen LogP) is 5.15. The van der Waals surface area contributed by atoms with E-state index in [1.807, 2.05) is 0 Å². The molecule has 0 spiro atoms. The van der Waals surface area contributed by atoms with E-state index < -0.39 is 11.9 Å². The molecule has 1 aromatic heterocycles. The fourth-order valence-electron chi connectivity index (χ4n) is 2.88. The number of hydrogen-bond acceptors (Lipinski definition) is 8. The number of aromatic nitrogens is 2. The van der Waals surface area contributed by atoms with Gasteiger partial charge in [0.1, 0.15) is 16.6 Å².